The number of nitrogens with zero attached hydrogens (tertiary/aromatic N) is 1. The highest BCUT2D eigenvalue weighted by atomic mass is 32.2. The molecule has 1 N–H and O–H groups in total. The van der Waals surface area contributed by atoms with E-state index in [2.05, 4.69) is 12.2 Å². The highest BCUT2D eigenvalue weighted by molar-refractivity contribution is 8.14. The summed E-state index contributed by atoms with van der Waals surface area (Å²) in [5, 5.41) is 4.31. The molecule has 1 heterocycles. The molecule has 0 aromatic heterocycles. The third-order valence-corrected chi connectivity index (χ3v) is 4.03. The number of methoxy groups -OCH3 is 2. The topological polar surface area (TPSA) is 42.8 Å². The van der Waals surface area contributed by atoms with Crippen LogP contribution in [0.2, 0.25) is 0 Å². The maximum Gasteiger partial charge on any atom is 0.161 e. The fourth-order valence-electron chi connectivity index (χ4n) is 1.95. The SMILES string of the molecule is CCC1CCSC(Nc2cc(OC)ccc2OC)=N1. The first-order valence-electron chi connectivity index (χ1n) is 6.46. The predicted octanol–water partition coefficient (Wildman–Crippen LogP) is 3.39. The number of thioether (sulfide) groups is 1. The maximum atomic E-state index is 5.36. The average molecular weight is 280 g/mol. The van der Waals surface area contributed by atoms with Gasteiger partial charge in [0.15, 0.2) is 5.17 Å². The van der Waals surface area contributed by atoms with E-state index < -0.39 is 0 Å². The van der Waals surface area contributed by atoms with Gasteiger partial charge in [-0.3, -0.25) is 4.99 Å². The normalized spacial score (nSPS) is 18.7. The fraction of sp³-hybridized carbons (Fsp3) is 0.500. The monoisotopic (exact) mass is 280 g/mol. The summed E-state index contributed by atoms with van der Waals surface area (Å²) >= 11 is 1.75. The maximum absolute atomic E-state index is 5.36. The molecule has 4 nitrogen and oxygen atoms in total. The lowest BCUT2D eigenvalue weighted by Gasteiger charge is -2.20. The molecule has 0 saturated carbocycles. The van der Waals surface area contributed by atoms with Crippen molar-refractivity contribution in [2.24, 2.45) is 4.99 Å². The number of amidine groups is 1. The van der Waals surface area contributed by atoms with Gasteiger partial charge in [-0.2, -0.15) is 0 Å². The number of nitrogens with one attached hydrogen (secondary N) is 1. The zero-order valence-electron chi connectivity index (χ0n) is 11.6. The molecule has 0 fully saturated rings. The first-order valence-corrected chi connectivity index (χ1v) is 7.45. The van der Waals surface area contributed by atoms with Crippen LogP contribution in [0.15, 0.2) is 23.2 Å². The summed E-state index contributed by atoms with van der Waals surface area (Å²) in [7, 11) is 3.32. The molecule has 1 aliphatic rings. The summed E-state index contributed by atoms with van der Waals surface area (Å²) in [6.45, 7) is 2.17. The summed E-state index contributed by atoms with van der Waals surface area (Å²) in [5.74, 6) is 2.70. The number of benzene rings is 1. The van der Waals surface area contributed by atoms with Gasteiger partial charge in [-0.1, -0.05) is 18.7 Å². The minimum absolute atomic E-state index is 0.431. The van der Waals surface area contributed by atoms with Gasteiger partial charge in [-0.25, -0.2) is 0 Å². The molecule has 0 aliphatic carbocycles. The highest BCUT2D eigenvalue weighted by Crippen LogP contribution is 2.31. The van der Waals surface area contributed by atoms with Crippen molar-refractivity contribution >= 4 is 22.6 Å². The van der Waals surface area contributed by atoms with Crippen LogP contribution in [0.4, 0.5) is 5.69 Å². The molecular weight excluding hydrogens is 260 g/mol. The Kier molecular flexibility index (Phi) is 4.96. The van der Waals surface area contributed by atoms with Crippen LogP contribution in [0.5, 0.6) is 11.5 Å². The first kappa shape index (κ1) is 14.1. The van der Waals surface area contributed by atoms with Gasteiger partial charge in [0, 0.05) is 11.8 Å². The zero-order chi connectivity index (χ0) is 13.7. The Morgan fingerprint density at radius 3 is 2.89 bits per heavy atom. The van der Waals surface area contributed by atoms with Crippen molar-refractivity contribution in [3.8, 4) is 11.5 Å². The lowest BCUT2D eigenvalue weighted by atomic mass is 10.2. The first-order chi connectivity index (χ1) is 9.26. The molecular formula is C14H20N2O2S. The van der Waals surface area contributed by atoms with Gasteiger partial charge < -0.3 is 14.8 Å². The average Bonchev–Trinajstić information content (AvgIpc) is 2.47. The Bertz CT molecular complexity index is 463. The van der Waals surface area contributed by atoms with E-state index in [9.17, 15) is 0 Å². The van der Waals surface area contributed by atoms with Crippen LogP contribution < -0.4 is 14.8 Å². The van der Waals surface area contributed by atoms with Gasteiger partial charge in [-0.15, -0.1) is 0 Å². The number of hydrogen-bond donors (Lipinski definition) is 1. The third-order valence-electron chi connectivity index (χ3n) is 3.11. The van der Waals surface area contributed by atoms with Crippen molar-refractivity contribution in [1.29, 1.82) is 0 Å². The second kappa shape index (κ2) is 6.70. The number of rotatable bonds is 4. The van der Waals surface area contributed by atoms with E-state index in [0.29, 0.717) is 6.04 Å². The fourth-order valence-corrected chi connectivity index (χ4v) is 2.94. The summed E-state index contributed by atoms with van der Waals surface area (Å²) in [4.78, 5) is 4.70. The molecule has 2 rings (SSSR count). The van der Waals surface area contributed by atoms with Gasteiger partial charge in [0.1, 0.15) is 11.5 Å². The van der Waals surface area contributed by atoms with Crippen molar-refractivity contribution in [2.75, 3.05) is 25.3 Å². The number of hydrogen-bond acceptors (Lipinski definition) is 5. The second-order valence-electron chi connectivity index (χ2n) is 4.32. The Labute approximate surface area is 118 Å². The van der Waals surface area contributed by atoms with E-state index in [0.717, 1.165) is 40.9 Å². The molecule has 1 aromatic carbocycles. The van der Waals surface area contributed by atoms with Crippen molar-refractivity contribution in [3.05, 3.63) is 18.2 Å². The molecule has 104 valence electrons. The lowest BCUT2D eigenvalue weighted by Crippen LogP contribution is -2.19. The lowest BCUT2D eigenvalue weighted by molar-refractivity contribution is 0.405. The van der Waals surface area contributed by atoms with Crippen LogP contribution >= 0.6 is 11.8 Å². The minimum atomic E-state index is 0.431. The summed E-state index contributed by atoms with van der Waals surface area (Å²) < 4.78 is 10.6. The standard InChI is InChI=1S/C14H20N2O2S/c1-4-10-7-8-19-14(15-10)16-12-9-11(17-2)5-6-13(12)18-3/h5-6,9-10H,4,7-8H2,1-3H3,(H,15,16). The van der Waals surface area contributed by atoms with E-state index in [-0.39, 0.29) is 0 Å². The Hall–Kier alpha value is -1.36. The summed E-state index contributed by atoms with van der Waals surface area (Å²) in [6, 6.07) is 6.14. The van der Waals surface area contributed by atoms with Crippen molar-refractivity contribution < 1.29 is 9.47 Å². The Morgan fingerprint density at radius 1 is 1.37 bits per heavy atom. The van der Waals surface area contributed by atoms with E-state index >= 15 is 0 Å². The van der Waals surface area contributed by atoms with E-state index in [1.807, 2.05) is 18.2 Å². The molecule has 0 bridgehead atoms. The van der Waals surface area contributed by atoms with Gasteiger partial charge in [0.05, 0.1) is 25.9 Å². The van der Waals surface area contributed by atoms with Crippen LogP contribution in [0.1, 0.15) is 19.8 Å². The van der Waals surface area contributed by atoms with E-state index in [1.165, 1.54) is 0 Å². The molecule has 1 unspecified atom stereocenters. The molecule has 0 spiro atoms. The molecule has 19 heavy (non-hydrogen) atoms. The van der Waals surface area contributed by atoms with Crippen LogP contribution in [-0.4, -0.2) is 31.2 Å². The highest BCUT2D eigenvalue weighted by Gasteiger charge is 2.15. The number of aliphatic imine (C=N–C) groups is 1. The van der Waals surface area contributed by atoms with Crippen molar-refractivity contribution in [1.82, 2.24) is 0 Å². The van der Waals surface area contributed by atoms with Crippen LogP contribution in [0, 0.1) is 0 Å². The Balaban J connectivity index is 2.19. The second-order valence-corrected chi connectivity index (χ2v) is 5.41. The summed E-state index contributed by atoms with van der Waals surface area (Å²) in [5.41, 5.74) is 0.893. The van der Waals surface area contributed by atoms with Crippen LogP contribution in [-0.2, 0) is 0 Å². The molecule has 0 amide bonds. The zero-order valence-corrected chi connectivity index (χ0v) is 12.4. The third kappa shape index (κ3) is 3.56. The molecule has 1 aromatic rings. The van der Waals surface area contributed by atoms with Crippen molar-refractivity contribution in [2.45, 2.75) is 25.8 Å². The molecule has 1 atom stereocenters. The smallest absolute Gasteiger partial charge is 0.161 e. The minimum Gasteiger partial charge on any atom is -0.497 e. The molecule has 1 aliphatic heterocycles. The quantitative estimate of drug-likeness (QED) is 0.918. The number of ether oxygens (including phenoxy) is 2. The predicted molar refractivity (Wildman–Crippen MR) is 81.8 cm³/mol. The van der Waals surface area contributed by atoms with E-state index in [1.54, 1.807) is 26.0 Å². The Morgan fingerprint density at radius 2 is 2.21 bits per heavy atom. The van der Waals surface area contributed by atoms with E-state index in [4.69, 9.17) is 14.5 Å². The van der Waals surface area contributed by atoms with Gasteiger partial charge >= 0.3 is 0 Å². The van der Waals surface area contributed by atoms with Crippen LogP contribution in [0.25, 0.3) is 0 Å². The van der Waals surface area contributed by atoms with Crippen molar-refractivity contribution in [3.63, 3.8) is 0 Å². The van der Waals surface area contributed by atoms with Crippen LogP contribution in [0.3, 0.4) is 0 Å². The molecule has 0 saturated heterocycles. The van der Waals surface area contributed by atoms with Gasteiger partial charge in [0.25, 0.3) is 0 Å². The largest absolute Gasteiger partial charge is 0.497 e. The molecule has 5 heteroatoms. The van der Waals surface area contributed by atoms with Gasteiger partial charge in [0.2, 0.25) is 0 Å². The number of anilines is 1. The van der Waals surface area contributed by atoms with Gasteiger partial charge in [-0.05, 0) is 25.0 Å². The summed E-state index contributed by atoms with van der Waals surface area (Å²) in [6.07, 6.45) is 2.24. The molecule has 0 radical (unpaired) electrons.